The Bertz CT molecular complexity index is 1890. The summed E-state index contributed by atoms with van der Waals surface area (Å²) < 4.78 is 13.6. The number of non-ortho nitro benzene ring substituents is 1. The molecule has 11 heteroatoms. The zero-order valence-corrected chi connectivity index (χ0v) is 25.6. The van der Waals surface area contributed by atoms with Crippen LogP contribution in [0.2, 0.25) is 0 Å². The van der Waals surface area contributed by atoms with Gasteiger partial charge in [0.05, 0.1) is 32.9 Å². The third-order valence-electron chi connectivity index (χ3n) is 6.76. The first-order chi connectivity index (χ1) is 20.7. The first-order valence-electron chi connectivity index (χ1n) is 13.5. The van der Waals surface area contributed by atoms with Crippen molar-refractivity contribution in [3.63, 3.8) is 0 Å². The zero-order valence-electron chi connectivity index (χ0n) is 24.0. The molecule has 5 rings (SSSR count). The molecule has 220 valence electrons. The number of thiazole rings is 1. The maximum atomic E-state index is 14.0. The topological polar surface area (TPSA) is 113 Å². The van der Waals surface area contributed by atoms with Gasteiger partial charge in [-0.15, -0.1) is 11.8 Å². The van der Waals surface area contributed by atoms with Gasteiger partial charge in [-0.1, -0.05) is 41.7 Å². The molecule has 4 aromatic rings. The second kappa shape index (κ2) is 12.8. The van der Waals surface area contributed by atoms with E-state index in [1.165, 1.54) is 23.5 Å². The van der Waals surface area contributed by atoms with Crippen LogP contribution in [0.5, 0.6) is 5.75 Å². The molecule has 0 spiro atoms. The Morgan fingerprint density at radius 2 is 1.81 bits per heavy atom. The average Bonchev–Trinajstić information content (AvgIpc) is 3.29. The number of benzene rings is 3. The Labute approximate surface area is 256 Å². The largest absolute Gasteiger partial charge is 0.488 e. The smallest absolute Gasteiger partial charge is 0.338 e. The van der Waals surface area contributed by atoms with Gasteiger partial charge in [0.1, 0.15) is 12.4 Å². The normalized spacial score (nSPS) is 14.8. The van der Waals surface area contributed by atoms with E-state index in [1.807, 2.05) is 48.7 Å². The molecule has 0 radical (unpaired) electrons. The number of nitrogens with zero attached hydrogens (tertiary/aromatic N) is 3. The summed E-state index contributed by atoms with van der Waals surface area (Å²) in [6.45, 7) is 5.52. The Balaban J connectivity index is 1.55. The Hall–Kier alpha value is -4.48. The molecule has 0 saturated carbocycles. The number of nitro groups is 1. The van der Waals surface area contributed by atoms with Crippen LogP contribution in [0.1, 0.15) is 43.5 Å². The van der Waals surface area contributed by atoms with E-state index in [2.05, 4.69) is 4.99 Å². The van der Waals surface area contributed by atoms with E-state index < -0.39 is 16.9 Å². The third-order valence-corrected chi connectivity index (χ3v) is 8.49. The van der Waals surface area contributed by atoms with Crippen LogP contribution in [0.3, 0.4) is 0 Å². The molecule has 2 heterocycles. The number of rotatable bonds is 9. The number of allylic oxidation sites excluding steroid dienone is 1. The van der Waals surface area contributed by atoms with Crippen LogP contribution < -0.4 is 19.6 Å². The quantitative estimate of drug-likeness (QED) is 0.107. The summed E-state index contributed by atoms with van der Waals surface area (Å²) in [6.07, 6.45) is 3.41. The van der Waals surface area contributed by atoms with Crippen molar-refractivity contribution in [3.05, 3.63) is 131 Å². The number of esters is 1. The molecule has 3 aromatic carbocycles. The zero-order chi connectivity index (χ0) is 30.7. The van der Waals surface area contributed by atoms with Gasteiger partial charge in [0.25, 0.3) is 11.2 Å². The number of carbonyl (C=O) groups is 1. The highest BCUT2D eigenvalue weighted by molar-refractivity contribution is 7.98. The molecule has 0 aliphatic carbocycles. The average molecular weight is 616 g/mol. The van der Waals surface area contributed by atoms with Crippen LogP contribution in [0.25, 0.3) is 6.08 Å². The molecule has 0 N–H and O–H groups in total. The van der Waals surface area contributed by atoms with Crippen molar-refractivity contribution < 1.29 is 19.2 Å². The monoisotopic (exact) mass is 615 g/mol. The minimum atomic E-state index is -0.700. The lowest BCUT2D eigenvalue weighted by molar-refractivity contribution is -0.384. The van der Waals surface area contributed by atoms with E-state index in [-0.39, 0.29) is 24.0 Å². The van der Waals surface area contributed by atoms with E-state index in [0.29, 0.717) is 31.9 Å². The maximum Gasteiger partial charge on any atom is 0.338 e. The number of carbonyl (C=O) groups excluding carboxylic acids is 1. The fraction of sp³-hybridized carbons (Fsp3) is 0.219. The number of nitro benzene ring substituents is 1. The molecule has 1 aliphatic heterocycles. The van der Waals surface area contributed by atoms with Crippen molar-refractivity contribution in [3.8, 4) is 5.75 Å². The van der Waals surface area contributed by atoms with E-state index in [0.717, 1.165) is 16.0 Å². The molecule has 9 nitrogen and oxygen atoms in total. The lowest BCUT2D eigenvalue weighted by atomic mass is 9.96. The molecule has 0 bridgehead atoms. The fourth-order valence-electron chi connectivity index (χ4n) is 4.71. The van der Waals surface area contributed by atoms with Crippen LogP contribution in [0, 0.1) is 10.1 Å². The minimum absolute atomic E-state index is 0.00823. The number of thioether (sulfide) groups is 1. The van der Waals surface area contributed by atoms with Gasteiger partial charge in [0.15, 0.2) is 4.80 Å². The SMILES string of the molecule is CSc1ccc([C@H]2C(C(=O)OC(C)C)=C(C)N=c3s/c(=C/c4ccccc4OCc4ccc([N+](=O)[O-])cc4)c(=O)n32)cc1. The number of hydrogen-bond acceptors (Lipinski definition) is 9. The van der Waals surface area contributed by atoms with Gasteiger partial charge < -0.3 is 9.47 Å². The summed E-state index contributed by atoms with van der Waals surface area (Å²) in [5.74, 6) is 0.0442. The summed E-state index contributed by atoms with van der Waals surface area (Å²) in [7, 11) is 0. The summed E-state index contributed by atoms with van der Waals surface area (Å²) in [6, 6.07) is 20.6. The predicted molar refractivity (Wildman–Crippen MR) is 167 cm³/mol. The van der Waals surface area contributed by atoms with Gasteiger partial charge >= 0.3 is 5.97 Å². The number of hydrogen-bond donors (Lipinski definition) is 0. The summed E-state index contributed by atoms with van der Waals surface area (Å²) in [4.78, 5) is 44.0. The van der Waals surface area contributed by atoms with E-state index >= 15 is 0 Å². The van der Waals surface area contributed by atoms with Crippen LogP contribution in [-0.4, -0.2) is 27.8 Å². The highest BCUT2D eigenvalue weighted by Gasteiger charge is 2.33. The molecule has 1 aromatic heterocycles. The summed E-state index contributed by atoms with van der Waals surface area (Å²) in [5, 5.41) is 11.0. The highest BCUT2D eigenvalue weighted by atomic mass is 32.2. The Morgan fingerprint density at radius 1 is 1.12 bits per heavy atom. The van der Waals surface area contributed by atoms with Gasteiger partial charge in [-0.3, -0.25) is 19.5 Å². The number of para-hydroxylation sites is 1. The molecule has 0 saturated heterocycles. The standard InChI is InChI=1S/C32H29N3O6S2/c1-19(2)41-31(37)28-20(3)33-32-34(29(28)22-11-15-25(42-4)16-12-22)30(36)27(43-32)17-23-7-5-6-8-26(23)40-18-21-9-13-24(14-10-21)35(38)39/h5-17,19,29H,18H2,1-4H3/b27-17+/t29-/m0/s1. The van der Waals surface area contributed by atoms with Crippen LogP contribution in [0.15, 0.2) is 98.7 Å². The first kappa shape index (κ1) is 30.0. The third kappa shape index (κ3) is 6.47. The first-order valence-corrected chi connectivity index (χ1v) is 15.5. The van der Waals surface area contributed by atoms with Crippen LogP contribution in [-0.2, 0) is 16.1 Å². The van der Waals surface area contributed by atoms with Gasteiger partial charge in [-0.2, -0.15) is 0 Å². The van der Waals surface area contributed by atoms with Crippen molar-refractivity contribution in [2.45, 2.75) is 44.4 Å². The van der Waals surface area contributed by atoms with Crippen LogP contribution in [0.4, 0.5) is 5.69 Å². The molecular formula is C32H29N3O6S2. The minimum Gasteiger partial charge on any atom is -0.488 e. The number of ether oxygens (including phenoxy) is 2. The highest BCUT2D eigenvalue weighted by Crippen LogP contribution is 2.32. The predicted octanol–water partition coefficient (Wildman–Crippen LogP) is 5.40. The lowest BCUT2D eigenvalue weighted by Crippen LogP contribution is -2.40. The number of aromatic nitrogens is 1. The van der Waals surface area contributed by atoms with Crippen molar-refractivity contribution in [1.82, 2.24) is 4.57 Å². The summed E-state index contributed by atoms with van der Waals surface area (Å²) in [5.41, 5.74) is 2.79. The van der Waals surface area contributed by atoms with Gasteiger partial charge in [-0.05, 0) is 74.6 Å². The molecule has 1 aliphatic rings. The lowest BCUT2D eigenvalue weighted by Gasteiger charge is -2.25. The fourth-order valence-corrected chi connectivity index (χ4v) is 6.16. The second-order valence-electron chi connectivity index (χ2n) is 10.1. The Morgan fingerprint density at radius 3 is 2.47 bits per heavy atom. The van der Waals surface area contributed by atoms with Crippen LogP contribution >= 0.6 is 23.1 Å². The van der Waals surface area contributed by atoms with Gasteiger partial charge in [0.2, 0.25) is 0 Å². The van der Waals surface area contributed by atoms with Crippen molar-refractivity contribution >= 4 is 40.8 Å². The van der Waals surface area contributed by atoms with Crippen molar-refractivity contribution in [2.75, 3.05) is 6.26 Å². The molecule has 0 amide bonds. The molecule has 0 unspecified atom stereocenters. The molecular weight excluding hydrogens is 587 g/mol. The van der Waals surface area contributed by atoms with Crippen molar-refractivity contribution in [2.24, 2.45) is 4.99 Å². The molecule has 0 fully saturated rings. The summed E-state index contributed by atoms with van der Waals surface area (Å²) >= 11 is 2.85. The van der Waals surface area contributed by atoms with E-state index in [9.17, 15) is 19.7 Å². The van der Waals surface area contributed by atoms with E-state index in [1.54, 1.807) is 61.4 Å². The second-order valence-corrected chi connectivity index (χ2v) is 11.9. The molecule has 1 atom stereocenters. The molecule has 43 heavy (non-hydrogen) atoms. The van der Waals surface area contributed by atoms with Crippen molar-refractivity contribution in [1.29, 1.82) is 0 Å². The van der Waals surface area contributed by atoms with Gasteiger partial charge in [-0.25, -0.2) is 9.79 Å². The maximum absolute atomic E-state index is 14.0. The van der Waals surface area contributed by atoms with E-state index in [4.69, 9.17) is 9.47 Å². The Kier molecular flexibility index (Phi) is 8.93. The van der Waals surface area contributed by atoms with Gasteiger partial charge in [0, 0.05) is 22.6 Å². The number of fused-ring (bicyclic) bond motifs is 1.